The van der Waals surface area contributed by atoms with E-state index in [1.807, 2.05) is 32.9 Å². The van der Waals surface area contributed by atoms with Gasteiger partial charge in [0, 0.05) is 11.6 Å². The number of aryl methyl sites for hydroxylation is 1. The molecule has 0 bridgehead atoms. The van der Waals surface area contributed by atoms with Crippen molar-refractivity contribution < 1.29 is 14.3 Å². The first-order valence-electron chi connectivity index (χ1n) is 7.53. The fraction of sp³-hybridized carbons (Fsp3) is 0.444. The van der Waals surface area contributed by atoms with E-state index in [1.165, 1.54) is 11.6 Å². The maximum Gasteiger partial charge on any atom is 0.331 e. The molecule has 0 saturated carbocycles. The summed E-state index contributed by atoms with van der Waals surface area (Å²) in [5, 5.41) is 2.81. The second kappa shape index (κ2) is 8.37. The summed E-state index contributed by atoms with van der Waals surface area (Å²) >= 11 is 0. The number of hydrogen-bond donors (Lipinski definition) is 1. The molecule has 1 aromatic rings. The molecule has 0 radical (unpaired) electrons. The van der Waals surface area contributed by atoms with E-state index in [1.54, 1.807) is 6.92 Å². The van der Waals surface area contributed by atoms with Gasteiger partial charge in [-0.3, -0.25) is 4.79 Å². The molecule has 0 aliphatic rings. The minimum atomic E-state index is -0.314. The molecule has 4 heteroatoms. The molecule has 0 fully saturated rings. The third-order valence-electron chi connectivity index (χ3n) is 3.52. The SMILES string of the molecule is CCOC(=O)/C=C(\C)c1ccc(CCC(C)(C)NC=O)cc1. The summed E-state index contributed by atoms with van der Waals surface area (Å²) in [6, 6.07) is 8.10. The van der Waals surface area contributed by atoms with Crippen molar-refractivity contribution in [1.82, 2.24) is 5.32 Å². The van der Waals surface area contributed by atoms with Crippen molar-refractivity contribution in [2.24, 2.45) is 0 Å². The van der Waals surface area contributed by atoms with E-state index in [9.17, 15) is 9.59 Å². The Bertz CT molecular complexity index is 530. The van der Waals surface area contributed by atoms with Crippen LogP contribution in [-0.4, -0.2) is 24.5 Å². The van der Waals surface area contributed by atoms with Crippen LogP contribution in [-0.2, 0) is 20.7 Å². The molecule has 0 aliphatic heterocycles. The van der Waals surface area contributed by atoms with Crippen molar-refractivity contribution >= 4 is 18.0 Å². The number of carbonyl (C=O) groups is 2. The highest BCUT2D eigenvalue weighted by atomic mass is 16.5. The zero-order valence-electron chi connectivity index (χ0n) is 13.8. The fourth-order valence-corrected chi connectivity index (χ4v) is 2.07. The normalized spacial score (nSPS) is 11.9. The van der Waals surface area contributed by atoms with Crippen LogP contribution in [0.3, 0.4) is 0 Å². The third kappa shape index (κ3) is 6.12. The van der Waals surface area contributed by atoms with Gasteiger partial charge in [0.1, 0.15) is 0 Å². The Hall–Kier alpha value is -2.10. The number of ether oxygens (including phenoxy) is 1. The van der Waals surface area contributed by atoms with Gasteiger partial charge in [0.15, 0.2) is 0 Å². The van der Waals surface area contributed by atoms with Gasteiger partial charge < -0.3 is 10.1 Å². The summed E-state index contributed by atoms with van der Waals surface area (Å²) in [4.78, 5) is 22.0. The maximum atomic E-state index is 11.4. The van der Waals surface area contributed by atoms with Gasteiger partial charge in [-0.2, -0.15) is 0 Å². The first kappa shape index (κ1) is 18.0. The lowest BCUT2D eigenvalue weighted by molar-refractivity contribution is -0.137. The Balaban J connectivity index is 2.67. The summed E-state index contributed by atoms with van der Waals surface area (Å²) in [5.41, 5.74) is 2.88. The first-order valence-corrected chi connectivity index (χ1v) is 7.53. The molecule has 0 heterocycles. The topological polar surface area (TPSA) is 55.4 Å². The molecule has 22 heavy (non-hydrogen) atoms. The quantitative estimate of drug-likeness (QED) is 0.456. The van der Waals surface area contributed by atoms with Gasteiger partial charge in [-0.15, -0.1) is 0 Å². The standard InChI is InChI=1S/C18H25NO3/c1-5-22-17(21)12-14(2)16-8-6-15(7-9-16)10-11-18(3,4)19-13-20/h6-9,12-13H,5,10-11H2,1-4H3,(H,19,20)/b14-12+. The molecule has 0 unspecified atom stereocenters. The van der Waals surface area contributed by atoms with E-state index in [0.29, 0.717) is 6.61 Å². The Labute approximate surface area is 132 Å². The van der Waals surface area contributed by atoms with Crippen molar-refractivity contribution in [2.75, 3.05) is 6.61 Å². The summed E-state index contributed by atoms with van der Waals surface area (Å²) in [6.07, 6.45) is 4.00. The van der Waals surface area contributed by atoms with Gasteiger partial charge in [0.05, 0.1) is 6.61 Å². The first-order chi connectivity index (χ1) is 10.4. The highest BCUT2D eigenvalue weighted by Gasteiger charge is 2.15. The number of benzene rings is 1. The Morgan fingerprint density at radius 1 is 1.27 bits per heavy atom. The lowest BCUT2D eigenvalue weighted by Gasteiger charge is -2.23. The monoisotopic (exact) mass is 303 g/mol. The van der Waals surface area contributed by atoms with Crippen LogP contribution in [0.5, 0.6) is 0 Å². The smallest absolute Gasteiger partial charge is 0.331 e. The zero-order chi connectivity index (χ0) is 16.6. The fourth-order valence-electron chi connectivity index (χ4n) is 2.07. The van der Waals surface area contributed by atoms with Gasteiger partial charge >= 0.3 is 5.97 Å². The van der Waals surface area contributed by atoms with E-state index < -0.39 is 0 Å². The van der Waals surface area contributed by atoms with Gasteiger partial charge in [-0.1, -0.05) is 24.3 Å². The van der Waals surface area contributed by atoms with Crippen LogP contribution in [0.2, 0.25) is 0 Å². The van der Waals surface area contributed by atoms with Crippen molar-refractivity contribution in [3.05, 3.63) is 41.5 Å². The van der Waals surface area contributed by atoms with Crippen LogP contribution in [0.25, 0.3) is 5.57 Å². The molecule has 0 aliphatic carbocycles. The predicted molar refractivity (Wildman–Crippen MR) is 88.3 cm³/mol. The van der Waals surface area contributed by atoms with E-state index in [4.69, 9.17) is 4.74 Å². The Morgan fingerprint density at radius 2 is 1.91 bits per heavy atom. The van der Waals surface area contributed by atoms with Crippen LogP contribution in [0.4, 0.5) is 0 Å². The van der Waals surface area contributed by atoms with E-state index in [2.05, 4.69) is 17.4 Å². The van der Waals surface area contributed by atoms with Crippen LogP contribution in [0.1, 0.15) is 45.2 Å². The molecule has 120 valence electrons. The van der Waals surface area contributed by atoms with Crippen molar-refractivity contribution in [2.45, 2.75) is 46.1 Å². The lowest BCUT2D eigenvalue weighted by atomic mass is 9.94. The molecule has 1 amide bonds. The maximum absolute atomic E-state index is 11.4. The average molecular weight is 303 g/mol. The number of nitrogens with one attached hydrogen (secondary N) is 1. The Kier molecular flexibility index (Phi) is 6.83. The lowest BCUT2D eigenvalue weighted by Crippen LogP contribution is -2.38. The van der Waals surface area contributed by atoms with Gasteiger partial charge in [-0.05, 0) is 57.2 Å². The number of allylic oxidation sites excluding steroid dienone is 1. The summed E-state index contributed by atoms with van der Waals surface area (Å²) in [7, 11) is 0. The van der Waals surface area contributed by atoms with Crippen LogP contribution < -0.4 is 5.32 Å². The molecule has 1 rings (SSSR count). The molecule has 0 atom stereocenters. The minimum absolute atomic E-state index is 0.208. The van der Waals surface area contributed by atoms with E-state index in [-0.39, 0.29) is 11.5 Å². The average Bonchev–Trinajstić information content (AvgIpc) is 2.46. The molecule has 0 saturated heterocycles. The van der Waals surface area contributed by atoms with Crippen LogP contribution in [0, 0.1) is 0 Å². The number of rotatable bonds is 8. The summed E-state index contributed by atoms with van der Waals surface area (Å²) in [6.45, 7) is 8.07. The van der Waals surface area contributed by atoms with Crippen molar-refractivity contribution in [1.29, 1.82) is 0 Å². The second-order valence-corrected chi connectivity index (χ2v) is 5.92. The van der Waals surface area contributed by atoms with Crippen LogP contribution in [0.15, 0.2) is 30.3 Å². The van der Waals surface area contributed by atoms with Gasteiger partial charge in [-0.25, -0.2) is 4.79 Å². The number of esters is 1. The largest absolute Gasteiger partial charge is 0.463 e. The van der Waals surface area contributed by atoms with E-state index >= 15 is 0 Å². The van der Waals surface area contributed by atoms with Crippen LogP contribution >= 0.6 is 0 Å². The highest BCUT2D eigenvalue weighted by molar-refractivity contribution is 5.90. The molecule has 0 aromatic heterocycles. The number of amides is 1. The summed E-state index contributed by atoms with van der Waals surface area (Å²) in [5.74, 6) is -0.314. The summed E-state index contributed by atoms with van der Waals surface area (Å²) < 4.78 is 4.91. The van der Waals surface area contributed by atoms with Crippen molar-refractivity contribution in [3.8, 4) is 0 Å². The van der Waals surface area contributed by atoms with E-state index in [0.717, 1.165) is 30.4 Å². The molecule has 1 N–H and O–H groups in total. The molecular weight excluding hydrogens is 278 g/mol. The molecule has 4 nitrogen and oxygen atoms in total. The van der Waals surface area contributed by atoms with Gasteiger partial charge in [0.25, 0.3) is 0 Å². The Morgan fingerprint density at radius 3 is 2.45 bits per heavy atom. The third-order valence-corrected chi connectivity index (χ3v) is 3.52. The number of hydrogen-bond acceptors (Lipinski definition) is 3. The molecule has 1 aromatic carbocycles. The van der Waals surface area contributed by atoms with Crippen molar-refractivity contribution in [3.63, 3.8) is 0 Å². The van der Waals surface area contributed by atoms with Gasteiger partial charge in [0.2, 0.25) is 6.41 Å². The predicted octanol–water partition coefficient (Wildman–Crippen LogP) is 3.11. The molecular formula is C18H25NO3. The minimum Gasteiger partial charge on any atom is -0.463 e. The molecule has 0 spiro atoms. The number of carbonyl (C=O) groups excluding carboxylic acids is 2. The zero-order valence-corrected chi connectivity index (χ0v) is 13.8. The second-order valence-electron chi connectivity index (χ2n) is 5.92. The highest BCUT2D eigenvalue weighted by Crippen LogP contribution is 2.17.